The Labute approximate surface area is 118 Å². The first-order valence-corrected chi connectivity index (χ1v) is 6.85. The summed E-state index contributed by atoms with van der Waals surface area (Å²) < 4.78 is 5.46. The number of hydrogen-bond donors (Lipinski definition) is 2. The third-order valence-electron chi connectivity index (χ3n) is 3.66. The Morgan fingerprint density at radius 2 is 2.25 bits per heavy atom. The van der Waals surface area contributed by atoms with E-state index in [4.69, 9.17) is 10.5 Å². The molecule has 1 aromatic heterocycles. The molecule has 3 N–H and O–H groups in total. The molecule has 2 heterocycles. The van der Waals surface area contributed by atoms with Crippen molar-refractivity contribution in [2.75, 3.05) is 32.0 Å². The Bertz CT molecular complexity index is 603. The number of aliphatic hydroxyl groups excluding tert-OH is 1. The zero-order valence-corrected chi connectivity index (χ0v) is 11.3. The van der Waals surface area contributed by atoms with E-state index in [0.717, 1.165) is 36.1 Å². The zero-order chi connectivity index (χ0) is 13.9. The van der Waals surface area contributed by atoms with Crippen molar-refractivity contribution in [2.24, 2.45) is 0 Å². The molecule has 1 atom stereocenters. The van der Waals surface area contributed by atoms with E-state index >= 15 is 0 Å². The maximum absolute atomic E-state index is 9.18. The minimum Gasteiger partial charge on any atom is -0.394 e. The van der Waals surface area contributed by atoms with Crippen molar-refractivity contribution in [3.63, 3.8) is 0 Å². The number of aliphatic hydroxyl groups is 1. The Hall–Kier alpha value is -1.69. The lowest BCUT2D eigenvalue weighted by Crippen LogP contribution is -2.43. The summed E-state index contributed by atoms with van der Waals surface area (Å²) in [5.74, 6) is 0.579. The molecule has 3 rings (SSSR count). The number of benzene rings is 1. The molecule has 106 valence electrons. The van der Waals surface area contributed by atoms with E-state index in [1.165, 1.54) is 0 Å². The molecule has 1 unspecified atom stereocenters. The van der Waals surface area contributed by atoms with E-state index in [0.29, 0.717) is 12.4 Å². The molecular weight excluding hydrogens is 254 g/mol. The second kappa shape index (κ2) is 5.75. The fraction of sp³-hybridized carbons (Fsp3) is 0.400. The van der Waals surface area contributed by atoms with Crippen LogP contribution in [0.4, 0.5) is 5.82 Å². The molecule has 0 spiro atoms. The van der Waals surface area contributed by atoms with Crippen molar-refractivity contribution in [3.05, 3.63) is 35.9 Å². The molecule has 1 fully saturated rings. The molecule has 0 radical (unpaired) electrons. The number of hydrogen-bond acceptors (Lipinski definition) is 5. The second-order valence-electron chi connectivity index (χ2n) is 5.14. The molecule has 0 bridgehead atoms. The van der Waals surface area contributed by atoms with E-state index in [2.05, 4.69) is 16.0 Å². The summed E-state index contributed by atoms with van der Waals surface area (Å²) in [6.07, 6.45) is -0.0987. The lowest BCUT2D eigenvalue weighted by atomic mass is 10.1. The number of ether oxygens (including phenoxy) is 1. The molecule has 0 amide bonds. The number of anilines is 1. The summed E-state index contributed by atoms with van der Waals surface area (Å²) in [6, 6.07) is 10.1. The minimum atomic E-state index is -0.0987. The fourth-order valence-electron chi connectivity index (χ4n) is 2.58. The van der Waals surface area contributed by atoms with Crippen molar-refractivity contribution in [1.29, 1.82) is 0 Å². The summed E-state index contributed by atoms with van der Waals surface area (Å²) in [6.45, 7) is 3.02. The highest BCUT2D eigenvalue weighted by Crippen LogP contribution is 2.20. The van der Waals surface area contributed by atoms with Crippen molar-refractivity contribution in [1.82, 2.24) is 9.88 Å². The van der Waals surface area contributed by atoms with Gasteiger partial charge < -0.3 is 15.6 Å². The van der Waals surface area contributed by atoms with Gasteiger partial charge in [-0.15, -0.1) is 0 Å². The van der Waals surface area contributed by atoms with Gasteiger partial charge in [0, 0.05) is 30.6 Å². The van der Waals surface area contributed by atoms with Gasteiger partial charge in [0.05, 0.1) is 24.8 Å². The fourth-order valence-corrected chi connectivity index (χ4v) is 2.58. The van der Waals surface area contributed by atoms with Gasteiger partial charge in [-0.1, -0.05) is 18.2 Å². The molecular formula is C15H19N3O2. The third kappa shape index (κ3) is 2.75. The topological polar surface area (TPSA) is 71.6 Å². The number of aromatic nitrogens is 1. The summed E-state index contributed by atoms with van der Waals surface area (Å²) >= 11 is 0. The van der Waals surface area contributed by atoms with E-state index < -0.39 is 0 Å². The van der Waals surface area contributed by atoms with Crippen LogP contribution in [0.3, 0.4) is 0 Å². The van der Waals surface area contributed by atoms with Crippen LogP contribution in [0.5, 0.6) is 0 Å². The van der Waals surface area contributed by atoms with Crippen molar-refractivity contribution < 1.29 is 9.84 Å². The van der Waals surface area contributed by atoms with Gasteiger partial charge in [0.1, 0.15) is 5.82 Å². The van der Waals surface area contributed by atoms with Crippen LogP contribution in [0, 0.1) is 0 Å². The number of nitrogens with two attached hydrogens (primary N) is 1. The van der Waals surface area contributed by atoms with Crippen molar-refractivity contribution in [2.45, 2.75) is 12.6 Å². The molecule has 20 heavy (non-hydrogen) atoms. The molecule has 1 saturated heterocycles. The lowest BCUT2D eigenvalue weighted by Gasteiger charge is -2.32. The number of rotatable bonds is 3. The predicted molar refractivity (Wildman–Crippen MR) is 78.3 cm³/mol. The summed E-state index contributed by atoms with van der Waals surface area (Å²) in [5.41, 5.74) is 8.00. The number of nitrogens with zero attached hydrogens (tertiary/aromatic N) is 2. The Morgan fingerprint density at radius 3 is 3.10 bits per heavy atom. The van der Waals surface area contributed by atoms with Gasteiger partial charge in [-0.2, -0.15) is 0 Å². The highest BCUT2D eigenvalue weighted by Gasteiger charge is 2.20. The third-order valence-corrected chi connectivity index (χ3v) is 3.66. The maximum atomic E-state index is 9.18. The first kappa shape index (κ1) is 13.3. The summed E-state index contributed by atoms with van der Waals surface area (Å²) in [4.78, 5) is 6.69. The van der Waals surface area contributed by atoms with Crippen molar-refractivity contribution >= 4 is 16.7 Å². The van der Waals surface area contributed by atoms with Crippen LogP contribution in [0.2, 0.25) is 0 Å². The smallest absolute Gasteiger partial charge is 0.128 e. The Balaban J connectivity index is 1.81. The van der Waals surface area contributed by atoms with Crippen LogP contribution in [-0.2, 0) is 11.3 Å². The highest BCUT2D eigenvalue weighted by molar-refractivity contribution is 5.81. The second-order valence-corrected chi connectivity index (χ2v) is 5.14. The van der Waals surface area contributed by atoms with Crippen molar-refractivity contribution in [3.8, 4) is 0 Å². The van der Waals surface area contributed by atoms with Crippen LogP contribution >= 0.6 is 0 Å². The minimum absolute atomic E-state index is 0.0575. The average molecular weight is 273 g/mol. The van der Waals surface area contributed by atoms with Gasteiger partial charge in [0.25, 0.3) is 0 Å². The number of pyridine rings is 1. The monoisotopic (exact) mass is 273 g/mol. The van der Waals surface area contributed by atoms with E-state index in [1.54, 1.807) is 0 Å². The molecule has 2 aromatic rings. The largest absolute Gasteiger partial charge is 0.394 e. The lowest BCUT2D eigenvalue weighted by molar-refractivity contribution is -0.0550. The number of morpholine rings is 1. The normalized spacial score (nSPS) is 20.4. The quantitative estimate of drug-likeness (QED) is 0.873. The highest BCUT2D eigenvalue weighted by atomic mass is 16.5. The average Bonchev–Trinajstić information content (AvgIpc) is 2.48. The van der Waals surface area contributed by atoms with Crippen LogP contribution in [-0.4, -0.2) is 47.4 Å². The van der Waals surface area contributed by atoms with Gasteiger partial charge in [-0.3, -0.25) is 4.90 Å². The van der Waals surface area contributed by atoms with Crippen LogP contribution in [0.15, 0.2) is 30.3 Å². The maximum Gasteiger partial charge on any atom is 0.128 e. The van der Waals surface area contributed by atoms with Gasteiger partial charge >= 0.3 is 0 Å². The van der Waals surface area contributed by atoms with Gasteiger partial charge in [-0.25, -0.2) is 4.98 Å². The van der Waals surface area contributed by atoms with Gasteiger partial charge in [0.15, 0.2) is 0 Å². The first-order valence-electron chi connectivity index (χ1n) is 6.85. The Morgan fingerprint density at radius 1 is 1.40 bits per heavy atom. The van der Waals surface area contributed by atoms with Crippen LogP contribution < -0.4 is 5.73 Å². The molecule has 1 aliphatic heterocycles. The van der Waals surface area contributed by atoms with Gasteiger partial charge in [-0.05, 0) is 12.1 Å². The summed E-state index contributed by atoms with van der Waals surface area (Å²) in [5, 5.41) is 10.3. The zero-order valence-electron chi connectivity index (χ0n) is 11.3. The predicted octanol–water partition coefficient (Wildman–Crippen LogP) is 1.01. The van der Waals surface area contributed by atoms with Crippen LogP contribution in [0.1, 0.15) is 5.56 Å². The molecule has 0 saturated carbocycles. The van der Waals surface area contributed by atoms with Gasteiger partial charge in [0.2, 0.25) is 0 Å². The number of nitrogen functional groups attached to an aromatic ring is 1. The van der Waals surface area contributed by atoms with E-state index in [-0.39, 0.29) is 12.7 Å². The molecule has 5 heteroatoms. The molecule has 1 aliphatic rings. The number of fused-ring (bicyclic) bond motifs is 1. The Kier molecular flexibility index (Phi) is 3.82. The van der Waals surface area contributed by atoms with Crippen LogP contribution in [0.25, 0.3) is 10.9 Å². The standard InChI is InChI=1S/C15H19N3O2/c16-15-12(7-11-3-1-2-4-14(11)17-15)8-18-5-6-20-13(9-18)10-19/h1-4,7,13,19H,5-6,8-10H2,(H2,16,17). The number of para-hydroxylation sites is 1. The molecule has 5 nitrogen and oxygen atoms in total. The SMILES string of the molecule is Nc1nc2ccccc2cc1CN1CCOC(CO)C1. The summed E-state index contributed by atoms with van der Waals surface area (Å²) in [7, 11) is 0. The molecule has 1 aromatic carbocycles. The van der Waals surface area contributed by atoms with E-state index in [1.807, 2.05) is 24.3 Å². The van der Waals surface area contributed by atoms with E-state index in [9.17, 15) is 5.11 Å². The first-order chi connectivity index (χ1) is 9.76. The molecule has 0 aliphatic carbocycles.